The lowest BCUT2D eigenvalue weighted by molar-refractivity contribution is -0.265. The molecule has 0 spiro atoms. The summed E-state index contributed by atoms with van der Waals surface area (Å²) >= 11 is 0. The van der Waals surface area contributed by atoms with Gasteiger partial charge in [-0.2, -0.15) is 13.2 Å². The Morgan fingerprint density at radius 1 is 1.23 bits per heavy atom. The zero-order valence-corrected chi connectivity index (χ0v) is 21.0. The molecule has 0 fully saturated rings. The molecule has 6 N–H and O–H groups in total. The number of carbonyl (C=O) groups is 1. The zero-order valence-electron chi connectivity index (χ0n) is 21.0. The summed E-state index contributed by atoms with van der Waals surface area (Å²) in [7, 11) is 1.38. The van der Waals surface area contributed by atoms with Gasteiger partial charge in [-0.1, -0.05) is 0 Å². The highest BCUT2D eigenvalue weighted by molar-refractivity contribution is 6.00. The second-order valence-corrected chi connectivity index (χ2v) is 9.50. The minimum Gasteiger partial charge on any atom is -0.495 e. The van der Waals surface area contributed by atoms with Crippen LogP contribution in [0, 0.1) is 5.82 Å². The van der Waals surface area contributed by atoms with Gasteiger partial charge < -0.3 is 35.7 Å². The van der Waals surface area contributed by atoms with E-state index in [-0.39, 0.29) is 34.7 Å². The maximum absolute atomic E-state index is 14.5. The van der Waals surface area contributed by atoms with E-state index in [2.05, 4.69) is 15.3 Å². The van der Waals surface area contributed by atoms with Crippen molar-refractivity contribution in [2.75, 3.05) is 26.9 Å². The molecular weight excluding hydrogens is 536 g/mol. The Balaban J connectivity index is 1.57. The van der Waals surface area contributed by atoms with Crippen LogP contribution in [0.25, 0.3) is 22.2 Å². The number of hydrogen-bond acceptors (Lipinski definition) is 7. The number of ether oxygens (including phenoxy) is 2. The average Bonchev–Trinajstić information content (AvgIpc) is 3.55. The van der Waals surface area contributed by atoms with E-state index in [0.29, 0.717) is 16.7 Å². The van der Waals surface area contributed by atoms with Crippen LogP contribution >= 0.6 is 0 Å². The number of hydrogen-bond donors (Lipinski definition) is 5. The Bertz CT molecular complexity index is 1590. The van der Waals surface area contributed by atoms with Gasteiger partial charge in [0.05, 0.1) is 31.5 Å². The normalized spacial score (nSPS) is 18.2. The Kier molecular flexibility index (Phi) is 6.68. The molecule has 13 heteroatoms. The standard InChI is InChI=1S/C27H24F4N4O5/c1-39-19-9-16(8-15-6-7-33-21(15)19)24(37)34-11-26(38,27(29,30)31)20-10-18-23(40-13-25(18,32)12-36)22(35-20)14-2-4-17(28)5-3-14/h2-10,33,36,38H,11-13,32H2,1H3,(H,34,37). The van der Waals surface area contributed by atoms with Gasteiger partial charge in [0, 0.05) is 28.3 Å². The number of halogens is 4. The van der Waals surface area contributed by atoms with E-state index in [0.717, 1.165) is 18.2 Å². The predicted octanol–water partition coefficient (Wildman–Crippen LogP) is 3.10. The minimum atomic E-state index is -5.32. The molecule has 0 saturated carbocycles. The van der Waals surface area contributed by atoms with E-state index >= 15 is 0 Å². The number of carbonyl (C=O) groups excluding carboxylic acids is 1. The highest BCUT2D eigenvalue weighted by atomic mass is 19.4. The van der Waals surface area contributed by atoms with Crippen LogP contribution in [0.15, 0.2) is 54.7 Å². The second kappa shape index (κ2) is 9.77. The fraction of sp³-hybridized carbons (Fsp3) is 0.259. The number of nitrogens with one attached hydrogen (secondary N) is 2. The van der Waals surface area contributed by atoms with E-state index in [1.165, 1.54) is 31.4 Å². The van der Waals surface area contributed by atoms with Crippen molar-refractivity contribution < 1.29 is 42.0 Å². The number of H-pyrrole nitrogens is 1. The van der Waals surface area contributed by atoms with Gasteiger partial charge in [-0.05, 0) is 48.5 Å². The number of amides is 1. The number of nitrogens with two attached hydrogens (primary N) is 1. The Morgan fingerprint density at radius 3 is 2.60 bits per heavy atom. The number of benzene rings is 2. The largest absolute Gasteiger partial charge is 0.495 e. The summed E-state index contributed by atoms with van der Waals surface area (Å²) in [5, 5.41) is 23.7. The van der Waals surface area contributed by atoms with E-state index in [9.17, 15) is 32.6 Å². The molecule has 210 valence electrons. The molecule has 4 aromatic rings. The highest BCUT2D eigenvalue weighted by Gasteiger charge is 2.57. The van der Waals surface area contributed by atoms with E-state index in [1.807, 2.05) is 0 Å². The first-order chi connectivity index (χ1) is 18.9. The van der Waals surface area contributed by atoms with Crippen LogP contribution in [0.5, 0.6) is 11.5 Å². The first-order valence-corrected chi connectivity index (χ1v) is 12.0. The van der Waals surface area contributed by atoms with Crippen LogP contribution in [-0.4, -0.2) is 59.1 Å². The maximum Gasteiger partial charge on any atom is 0.424 e. The van der Waals surface area contributed by atoms with E-state index in [1.54, 1.807) is 12.3 Å². The lowest BCUT2D eigenvalue weighted by Crippen LogP contribution is -2.52. The molecule has 40 heavy (non-hydrogen) atoms. The fourth-order valence-electron chi connectivity index (χ4n) is 4.55. The molecule has 9 nitrogen and oxygen atoms in total. The summed E-state index contributed by atoms with van der Waals surface area (Å²) in [5.74, 6) is -1.21. The number of aliphatic hydroxyl groups excluding tert-OH is 1. The van der Waals surface area contributed by atoms with Crippen molar-refractivity contribution in [3.8, 4) is 22.8 Å². The van der Waals surface area contributed by atoms with Crippen LogP contribution in [-0.2, 0) is 11.1 Å². The van der Waals surface area contributed by atoms with Crippen LogP contribution < -0.4 is 20.5 Å². The zero-order chi connectivity index (χ0) is 28.9. The summed E-state index contributed by atoms with van der Waals surface area (Å²) in [4.78, 5) is 20.0. The first kappa shape index (κ1) is 27.4. The molecule has 0 aliphatic carbocycles. The third-order valence-electron chi connectivity index (χ3n) is 6.89. The average molecular weight is 561 g/mol. The molecule has 1 amide bonds. The van der Waals surface area contributed by atoms with Gasteiger partial charge in [-0.15, -0.1) is 0 Å². The molecule has 2 aromatic carbocycles. The molecule has 3 heterocycles. The SMILES string of the molecule is COc1cc(C(=O)NCC(O)(c2cc3c(c(-c4ccc(F)cc4)n2)OCC3(N)CO)C(F)(F)F)cc2cc[nH]c12. The van der Waals surface area contributed by atoms with Crippen molar-refractivity contribution in [1.82, 2.24) is 15.3 Å². The number of rotatable bonds is 7. The topological polar surface area (TPSA) is 143 Å². The quantitative estimate of drug-likeness (QED) is 0.219. The number of alkyl halides is 3. The van der Waals surface area contributed by atoms with Crippen LogP contribution in [0.4, 0.5) is 17.6 Å². The Morgan fingerprint density at radius 2 is 1.95 bits per heavy atom. The summed E-state index contributed by atoms with van der Waals surface area (Å²) in [6.45, 7) is -2.27. The van der Waals surface area contributed by atoms with E-state index in [4.69, 9.17) is 15.2 Å². The molecular formula is C27H24F4N4O5. The van der Waals surface area contributed by atoms with E-state index < -0.39 is 47.9 Å². The van der Waals surface area contributed by atoms with Gasteiger partial charge in [-0.25, -0.2) is 9.37 Å². The smallest absolute Gasteiger partial charge is 0.424 e. The second-order valence-electron chi connectivity index (χ2n) is 9.50. The number of fused-ring (bicyclic) bond motifs is 2. The lowest BCUT2D eigenvalue weighted by Gasteiger charge is -2.31. The van der Waals surface area contributed by atoms with Gasteiger partial charge in [0.1, 0.15) is 29.4 Å². The van der Waals surface area contributed by atoms with Crippen molar-refractivity contribution >= 4 is 16.8 Å². The molecule has 1 aliphatic heterocycles. The number of nitrogens with zero attached hydrogens (tertiary/aromatic N) is 1. The fourth-order valence-corrected chi connectivity index (χ4v) is 4.55. The third-order valence-corrected chi connectivity index (χ3v) is 6.89. The van der Waals surface area contributed by atoms with Gasteiger partial charge in [0.25, 0.3) is 5.91 Å². The monoisotopic (exact) mass is 560 g/mol. The van der Waals surface area contributed by atoms with Crippen molar-refractivity contribution in [3.05, 3.63) is 77.4 Å². The Labute approximate surface area is 224 Å². The van der Waals surface area contributed by atoms with Gasteiger partial charge >= 0.3 is 6.18 Å². The Hall–Kier alpha value is -4.20. The van der Waals surface area contributed by atoms with Crippen LogP contribution in [0.1, 0.15) is 21.6 Å². The molecule has 2 unspecified atom stereocenters. The van der Waals surface area contributed by atoms with Crippen molar-refractivity contribution in [1.29, 1.82) is 0 Å². The minimum absolute atomic E-state index is 0.00274. The third kappa shape index (κ3) is 4.51. The maximum atomic E-state index is 14.5. The van der Waals surface area contributed by atoms with Gasteiger partial charge in [0.15, 0.2) is 5.75 Å². The molecule has 2 aromatic heterocycles. The summed E-state index contributed by atoms with van der Waals surface area (Å²) in [5.41, 5.74) is 0.629. The van der Waals surface area contributed by atoms with Gasteiger partial charge in [0.2, 0.25) is 5.60 Å². The number of aliphatic hydroxyl groups is 2. The molecule has 0 bridgehead atoms. The number of pyridine rings is 1. The molecule has 0 saturated heterocycles. The number of aromatic amines is 1. The molecule has 0 radical (unpaired) electrons. The number of methoxy groups -OCH3 is 1. The summed E-state index contributed by atoms with van der Waals surface area (Å²) in [6, 6.07) is 10.1. The summed E-state index contributed by atoms with van der Waals surface area (Å²) in [6.07, 6.45) is -3.71. The lowest BCUT2D eigenvalue weighted by atomic mass is 9.88. The van der Waals surface area contributed by atoms with Crippen LogP contribution in [0.2, 0.25) is 0 Å². The number of aromatic nitrogens is 2. The van der Waals surface area contributed by atoms with Crippen molar-refractivity contribution in [3.63, 3.8) is 0 Å². The van der Waals surface area contributed by atoms with Crippen molar-refractivity contribution in [2.24, 2.45) is 5.73 Å². The first-order valence-electron chi connectivity index (χ1n) is 12.0. The van der Waals surface area contributed by atoms with Crippen LogP contribution in [0.3, 0.4) is 0 Å². The van der Waals surface area contributed by atoms with Crippen molar-refractivity contribution in [2.45, 2.75) is 17.3 Å². The molecule has 1 aliphatic rings. The highest BCUT2D eigenvalue weighted by Crippen LogP contribution is 2.46. The van der Waals surface area contributed by atoms with Gasteiger partial charge in [-0.3, -0.25) is 4.79 Å². The summed E-state index contributed by atoms with van der Waals surface area (Å²) < 4.78 is 68.0. The molecule has 2 atom stereocenters. The molecule has 5 rings (SSSR count). The predicted molar refractivity (Wildman–Crippen MR) is 135 cm³/mol.